The molecule has 12 heavy (non-hydrogen) atoms. The summed E-state index contributed by atoms with van der Waals surface area (Å²) in [5, 5.41) is 3.68. The number of carbonyl (C=O) groups is 1. The van der Waals surface area contributed by atoms with Crippen LogP contribution in [0.15, 0.2) is 29.5 Å². The third-order valence-corrected chi connectivity index (χ3v) is 2.25. The molecule has 0 saturated heterocycles. The van der Waals surface area contributed by atoms with Crippen molar-refractivity contribution in [3.8, 4) is 0 Å². The summed E-state index contributed by atoms with van der Waals surface area (Å²) in [4.78, 5) is 11.4. The van der Waals surface area contributed by atoms with E-state index in [2.05, 4.69) is 6.58 Å². The van der Waals surface area contributed by atoms with E-state index in [-0.39, 0.29) is 5.78 Å². The molecule has 0 radical (unpaired) electrons. The van der Waals surface area contributed by atoms with Crippen LogP contribution in [0, 0.1) is 0 Å². The Kier molecular flexibility index (Phi) is 3.19. The number of hydrogen-bond acceptors (Lipinski definition) is 3. The van der Waals surface area contributed by atoms with Gasteiger partial charge in [0.05, 0.1) is 6.04 Å². The average Bonchev–Trinajstić information content (AvgIpc) is 2.55. The van der Waals surface area contributed by atoms with E-state index >= 15 is 0 Å². The van der Waals surface area contributed by atoms with Crippen LogP contribution in [0.1, 0.15) is 16.8 Å². The van der Waals surface area contributed by atoms with Crippen LogP contribution >= 0.6 is 11.3 Å². The molecule has 1 heterocycles. The first kappa shape index (κ1) is 9.16. The zero-order valence-electron chi connectivity index (χ0n) is 6.69. The van der Waals surface area contributed by atoms with Crippen molar-refractivity contribution in [3.05, 3.63) is 35.0 Å². The predicted molar refractivity (Wildman–Crippen MR) is 51.4 cm³/mol. The number of thiophene rings is 1. The van der Waals surface area contributed by atoms with Crippen LogP contribution in [-0.2, 0) is 0 Å². The van der Waals surface area contributed by atoms with E-state index in [9.17, 15) is 4.79 Å². The second kappa shape index (κ2) is 4.18. The molecule has 1 rings (SSSR count). The van der Waals surface area contributed by atoms with Gasteiger partial charge in [-0.2, -0.15) is 11.3 Å². The van der Waals surface area contributed by atoms with Crippen molar-refractivity contribution in [3.63, 3.8) is 0 Å². The fraction of sp³-hybridized carbons (Fsp3) is 0.222. The zero-order chi connectivity index (χ0) is 8.97. The highest BCUT2D eigenvalue weighted by Crippen LogP contribution is 2.09. The molecule has 0 bridgehead atoms. The minimum absolute atomic E-state index is 0.00356. The lowest BCUT2D eigenvalue weighted by molar-refractivity contribution is 0.0962. The monoisotopic (exact) mass is 181 g/mol. The fourth-order valence-corrected chi connectivity index (χ4v) is 1.55. The maximum absolute atomic E-state index is 11.4. The molecule has 0 spiro atoms. The number of hydrogen-bond donors (Lipinski definition) is 1. The molecule has 1 atom stereocenters. The Morgan fingerprint density at radius 3 is 3.08 bits per heavy atom. The Morgan fingerprint density at radius 2 is 2.58 bits per heavy atom. The smallest absolute Gasteiger partial charge is 0.180 e. The molecule has 0 amide bonds. The number of carbonyl (C=O) groups excluding carboxylic acids is 1. The van der Waals surface area contributed by atoms with Gasteiger partial charge in [-0.05, 0) is 17.9 Å². The van der Waals surface area contributed by atoms with E-state index in [0.29, 0.717) is 12.0 Å². The lowest BCUT2D eigenvalue weighted by Gasteiger charge is -2.04. The van der Waals surface area contributed by atoms with Crippen LogP contribution in [0.3, 0.4) is 0 Å². The number of ketones is 1. The minimum Gasteiger partial charge on any atom is -0.321 e. The van der Waals surface area contributed by atoms with Crippen molar-refractivity contribution < 1.29 is 4.79 Å². The summed E-state index contributed by atoms with van der Waals surface area (Å²) < 4.78 is 0. The Bertz CT molecular complexity index is 266. The second-order valence-corrected chi connectivity index (χ2v) is 3.29. The van der Waals surface area contributed by atoms with Crippen molar-refractivity contribution in [1.82, 2.24) is 0 Å². The van der Waals surface area contributed by atoms with Gasteiger partial charge in [-0.3, -0.25) is 4.79 Å². The molecule has 2 nitrogen and oxygen atoms in total. The summed E-state index contributed by atoms with van der Waals surface area (Å²) in [7, 11) is 0. The molecular formula is C9H11NOS. The van der Waals surface area contributed by atoms with E-state index in [1.165, 1.54) is 11.3 Å². The van der Waals surface area contributed by atoms with Crippen molar-refractivity contribution in [2.75, 3.05) is 0 Å². The van der Waals surface area contributed by atoms with E-state index in [1.807, 2.05) is 10.8 Å². The van der Waals surface area contributed by atoms with Gasteiger partial charge in [-0.1, -0.05) is 6.08 Å². The zero-order valence-corrected chi connectivity index (χ0v) is 7.51. The lowest BCUT2D eigenvalue weighted by atomic mass is 10.1. The summed E-state index contributed by atoms with van der Waals surface area (Å²) in [5.74, 6) is -0.00356. The normalized spacial score (nSPS) is 12.4. The molecule has 0 aromatic carbocycles. The topological polar surface area (TPSA) is 43.1 Å². The lowest BCUT2D eigenvalue weighted by Crippen LogP contribution is -2.29. The Morgan fingerprint density at radius 1 is 1.83 bits per heavy atom. The highest BCUT2D eigenvalue weighted by molar-refractivity contribution is 7.08. The standard InChI is InChI=1S/C9H11NOS/c1-2-3-8(10)9(11)7-4-5-12-6-7/h2,4-6,8H,1,3,10H2. The molecular weight excluding hydrogens is 170 g/mol. The molecule has 1 aromatic heterocycles. The molecule has 3 heteroatoms. The van der Waals surface area contributed by atoms with E-state index in [4.69, 9.17) is 5.73 Å². The maximum atomic E-state index is 11.4. The van der Waals surface area contributed by atoms with E-state index in [1.54, 1.807) is 12.1 Å². The van der Waals surface area contributed by atoms with Gasteiger partial charge in [-0.25, -0.2) is 0 Å². The summed E-state index contributed by atoms with van der Waals surface area (Å²) in [6.45, 7) is 3.53. The quantitative estimate of drug-likeness (QED) is 0.569. The summed E-state index contributed by atoms with van der Waals surface area (Å²) in [6.07, 6.45) is 2.20. The number of rotatable bonds is 4. The average molecular weight is 181 g/mol. The number of nitrogens with two attached hydrogens (primary N) is 1. The third kappa shape index (κ3) is 2.03. The van der Waals surface area contributed by atoms with Crippen molar-refractivity contribution in [2.24, 2.45) is 5.73 Å². The van der Waals surface area contributed by atoms with Crippen LogP contribution < -0.4 is 5.73 Å². The predicted octanol–water partition coefficient (Wildman–Crippen LogP) is 1.83. The summed E-state index contributed by atoms with van der Waals surface area (Å²) >= 11 is 1.50. The van der Waals surface area contributed by atoms with Gasteiger partial charge in [0, 0.05) is 10.9 Å². The molecule has 0 saturated carbocycles. The van der Waals surface area contributed by atoms with Gasteiger partial charge in [0.2, 0.25) is 0 Å². The molecule has 0 aliphatic carbocycles. The Balaban J connectivity index is 2.65. The number of Topliss-reactive ketones (excluding diaryl/α,β-unsaturated/α-hetero) is 1. The van der Waals surface area contributed by atoms with Crippen LogP contribution in [0.4, 0.5) is 0 Å². The molecule has 2 N–H and O–H groups in total. The van der Waals surface area contributed by atoms with Gasteiger partial charge in [0.15, 0.2) is 5.78 Å². The summed E-state index contributed by atoms with van der Waals surface area (Å²) in [5.41, 5.74) is 6.31. The first-order valence-corrected chi connectivity index (χ1v) is 4.63. The largest absolute Gasteiger partial charge is 0.321 e. The van der Waals surface area contributed by atoms with Crippen molar-refractivity contribution in [2.45, 2.75) is 12.5 Å². The second-order valence-electron chi connectivity index (χ2n) is 2.51. The molecule has 0 aliphatic heterocycles. The SMILES string of the molecule is C=CCC(N)C(=O)c1ccsc1. The van der Waals surface area contributed by atoms with Crippen LogP contribution in [-0.4, -0.2) is 11.8 Å². The molecule has 64 valence electrons. The van der Waals surface area contributed by atoms with E-state index in [0.717, 1.165) is 0 Å². The van der Waals surface area contributed by atoms with Gasteiger partial charge in [0.1, 0.15) is 0 Å². The molecule has 1 unspecified atom stereocenters. The molecule has 0 aliphatic rings. The fourth-order valence-electron chi connectivity index (χ4n) is 0.905. The first-order chi connectivity index (χ1) is 5.75. The van der Waals surface area contributed by atoms with Gasteiger partial charge >= 0.3 is 0 Å². The Labute approximate surface area is 75.7 Å². The highest BCUT2D eigenvalue weighted by Gasteiger charge is 2.13. The van der Waals surface area contributed by atoms with Gasteiger partial charge in [0.25, 0.3) is 0 Å². The minimum atomic E-state index is -0.433. The molecule has 0 fully saturated rings. The summed E-state index contributed by atoms with van der Waals surface area (Å²) in [6, 6.07) is 1.35. The first-order valence-electron chi connectivity index (χ1n) is 3.68. The highest BCUT2D eigenvalue weighted by atomic mass is 32.1. The van der Waals surface area contributed by atoms with Crippen molar-refractivity contribution >= 4 is 17.1 Å². The van der Waals surface area contributed by atoms with Crippen molar-refractivity contribution in [1.29, 1.82) is 0 Å². The van der Waals surface area contributed by atoms with E-state index < -0.39 is 6.04 Å². The molecule has 1 aromatic rings. The van der Waals surface area contributed by atoms with Crippen LogP contribution in [0.25, 0.3) is 0 Å². The third-order valence-electron chi connectivity index (χ3n) is 1.56. The van der Waals surface area contributed by atoms with Gasteiger partial charge < -0.3 is 5.73 Å². The van der Waals surface area contributed by atoms with Crippen LogP contribution in [0.2, 0.25) is 0 Å². The Hall–Kier alpha value is -0.930. The van der Waals surface area contributed by atoms with Crippen LogP contribution in [0.5, 0.6) is 0 Å². The van der Waals surface area contributed by atoms with Gasteiger partial charge in [-0.15, -0.1) is 6.58 Å². The maximum Gasteiger partial charge on any atom is 0.180 e.